The highest BCUT2D eigenvalue weighted by Gasteiger charge is 2.16. The average molecular weight is 273 g/mol. The van der Waals surface area contributed by atoms with Gasteiger partial charge in [-0.25, -0.2) is 9.78 Å². The number of pyridine rings is 1. The number of carboxylic acids is 1. The molecule has 0 aliphatic rings. The van der Waals surface area contributed by atoms with E-state index in [1.807, 2.05) is 0 Å². The maximum absolute atomic E-state index is 12.0. The molecule has 7 nitrogen and oxygen atoms in total. The number of hydrogen-bond acceptors (Lipinski definition) is 4. The minimum atomic E-state index is -1.24. The third-order valence-corrected chi connectivity index (χ3v) is 2.59. The number of carboxylic acid groups (broad SMARTS) is 1. The number of hydrogen-bond donors (Lipinski definition) is 3. The largest absolute Gasteiger partial charge is 0.476 e. The molecule has 0 saturated heterocycles. The summed E-state index contributed by atoms with van der Waals surface area (Å²) in [5, 5.41) is 11.4. The van der Waals surface area contributed by atoms with Crippen molar-refractivity contribution in [1.82, 2.24) is 9.97 Å². The van der Waals surface area contributed by atoms with Crippen LogP contribution in [-0.4, -0.2) is 32.7 Å². The second-order valence-corrected chi connectivity index (χ2v) is 4.02. The fourth-order valence-corrected chi connectivity index (χ4v) is 1.59. The molecule has 2 aromatic rings. The van der Waals surface area contributed by atoms with E-state index in [0.29, 0.717) is 5.56 Å². The molecule has 102 valence electrons. The number of anilines is 1. The molecule has 0 aliphatic heterocycles. The van der Waals surface area contributed by atoms with E-state index < -0.39 is 11.9 Å². The topological polar surface area (TPSA) is 112 Å². The molecule has 2 rings (SSSR count). The van der Waals surface area contributed by atoms with Gasteiger partial charge in [0.25, 0.3) is 5.91 Å². The van der Waals surface area contributed by atoms with Gasteiger partial charge >= 0.3 is 5.97 Å². The van der Waals surface area contributed by atoms with Crippen LogP contribution in [0.4, 0.5) is 5.69 Å². The Morgan fingerprint density at radius 2 is 2.10 bits per heavy atom. The lowest BCUT2D eigenvalue weighted by Gasteiger charge is -2.05. The third-order valence-electron chi connectivity index (χ3n) is 2.59. The van der Waals surface area contributed by atoms with E-state index in [2.05, 4.69) is 15.3 Å². The van der Waals surface area contributed by atoms with Crippen molar-refractivity contribution in [3.63, 3.8) is 0 Å². The summed E-state index contributed by atoms with van der Waals surface area (Å²) in [6.07, 6.45) is 2.74. The van der Waals surface area contributed by atoms with Gasteiger partial charge < -0.3 is 15.4 Å². The minimum Gasteiger partial charge on any atom is -0.476 e. The molecular weight excluding hydrogens is 262 g/mol. The van der Waals surface area contributed by atoms with E-state index in [1.54, 1.807) is 0 Å². The Morgan fingerprint density at radius 3 is 2.70 bits per heavy atom. The molecular formula is C13H11N3O4. The smallest absolute Gasteiger partial charge is 0.356 e. The number of H-pyrrole nitrogens is 1. The van der Waals surface area contributed by atoms with Crippen LogP contribution in [0.15, 0.2) is 30.6 Å². The number of nitrogens with one attached hydrogen (secondary N) is 2. The lowest BCUT2D eigenvalue weighted by atomic mass is 10.2. The molecule has 0 aliphatic carbocycles. The van der Waals surface area contributed by atoms with Gasteiger partial charge in [0.2, 0.25) is 0 Å². The second kappa shape index (κ2) is 5.35. The summed E-state index contributed by atoms with van der Waals surface area (Å²) < 4.78 is 0. The Kier molecular flexibility index (Phi) is 3.60. The first-order valence-corrected chi connectivity index (χ1v) is 5.68. The van der Waals surface area contributed by atoms with Crippen molar-refractivity contribution in [1.29, 1.82) is 0 Å². The minimum absolute atomic E-state index is 0.0870. The number of carbonyl (C=O) groups excluding carboxylic acids is 2. The molecule has 0 aromatic carbocycles. The first-order chi connectivity index (χ1) is 9.49. The predicted octanol–water partition coefficient (Wildman–Crippen LogP) is 1.56. The number of amides is 1. The molecule has 2 heterocycles. The molecule has 0 unspecified atom stereocenters. The van der Waals surface area contributed by atoms with Gasteiger partial charge in [0.05, 0.1) is 5.69 Å². The SMILES string of the molecule is CC(=O)c1c[nH]c(C(=O)Nc2cccnc2C(=O)O)c1. The quantitative estimate of drug-likeness (QED) is 0.732. The second-order valence-electron chi connectivity index (χ2n) is 4.02. The Morgan fingerprint density at radius 1 is 1.35 bits per heavy atom. The predicted molar refractivity (Wildman–Crippen MR) is 69.9 cm³/mol. The zero-order valence-electron chi connectivity index (χ0n) is 10.5. The van der Waals surface area contributed by atoms with Crippen LogP contribution in [-0.2, 0) is 0 Å². The van der Waals surface area contributed by atoms with Crippen molar-refractivity contribution in [3.8, 4) is 0 Å². The van der Waals surface area contributed by atoms with Crippen LogP contribution in [0.25, 0.3) is 0 Å². The number of aromatic nitrogens is 2. The van der Waals surface area contributed by atoms with E-state index in [0.717, 1.165) is 0 Å². The van der Waals surface area contributed by atoms with Crippen molar-refractivity contribution in [2.75, 3.05) is 5.32 Å². The van der Waals surface area contributed by atoms with Crippen molar-refractivity contribution in [3.05, 3.63) is 47.5 Å². The molecule has 0 fully saturated rings. The number of nitrogens with zero attached hydrogens (tertiary/aromatic N) is 1. The van der Waals surface area contributed by atoms with Crippen molar-refractivity contribution in [2.45, 2.75) is 6.92 Å². The Bertz CT molecular complexity index is 690. The molecule has 2 aromatic heterocycles. The van der Waals surface area contributed by atoms with Gasteiger partial charge in [-0.2, -0.15) is 0 Å². The number of Topliss-reactive ketones (excluding diaryl/α,β-unsaturated/α-hetero) is 1. The third kappa shape index (κ3) is 2.72. The summed E-state index contributed by atoms with van der Waals surface area (Å²) in [5.74, 6) is -1.96. The highest BCUT2D eigenvalue weighted by molar-refractivity contribution is 6.07. The highest BCUT2D eigenvalue weighted by atomic mass is 16.4. The zero-order valence-corrected chi connectivity index (χ0v) is 10.5. The maximum atomic E-state index is 12.0. The van der Waals surface area contributed by atoms with Crippen LogP contribution in [0.2, 0.25) is 0 Å². The summed E-state index contributed by atoms with van der Waals surface area (Å²) >= 11 is 0. The number of aromatic amines is 1. The molecule has 7 heteroatoms. The van der Waals surface area contributed by atoms with Crippen LogP contribution in [0.1, 0.15) is 38.3 Å². The van der Waals surface area contributed by atoms with E-state index in [1.165, 1.54) is 37.5 Å². The number of carbonyl (C=O) groups is 3. The lowest BCUT2D eigenvalue weighted by molar-refractivity contribution is 0.0691. The fraction of sp³-hybridized carbons (Fsp3) is 0.0769. The van der Waals surface area contributed by atoms with Crippen LogP contribution >= 0.6 is 0 Å². The molecule has 0 spiro atoms. The number of aromatic carboxylic acids is 1. The monoisotopic (exact) mass is 273 g/mol. The first-order valence-electron chi connectivity index (χ1n) is 5.68. The zero-order chi connectivity index (χ0) is 14.7. The van der Waals surface area contributed by atoms with E-state index in [-0.39, 0.29) is 22.9 Å². The van der Waals surface area contributed by atoms with Crippen LogP contribution < -0.4 is 5.32 Å². The maximum Gasteiger partial charge on any atom is 0.356 e. The lowest BCUT2D eigenvalue weighted by Crippen LogP contribution is -2.16. The first kappa shape index (κ1) is 13.5. The van der Waals surface area contributed by atoms with E-state index in [4.69, 9.17) is 5.11 Å². The van der Waals surface area contributed by atoms with Crippen molar-refractivity contribution >= 4 is 23.3 Å². The standard InChI is InChI=1S/C13H11N3O4/c1-7(17)8-5-10(15-6-8)12(18)16-9-3-2-4-14-11(9)13(19)20/h2-6,15H,1H3,(H,16,18)(H,19,20). The van der Waals surface area contributed by atoms with Gasteiger partial charge in [-0.15, -0.1) is 0 Å². The van der Waals surface area contributed by atoms with Crippen molar-refractivity contribution < 1.29 is 19.5 Å². The summed E-state index contributed by atoms with van der Waals surface area (Å²) in [6.45, 7) is 1.38. The molecule has 1 amide bonds. The van der Waals surface area contributed by atoms with E-state index >= 15 is 0 Å². The molecule has 20 heavy (non-hydrogen) atoms. The molecule has 0 saturated carbocycles. The number of rotatable bonds is 4. The molecule has 0 bridgehead atoms. The number of ketones is 1. The van der Waals surface area contributed by atoms with Gasteiger partial charge in [-0.05, 0) is 25.1 Å². The van der Waals surface area contributed by atoms with Crippen LogP contribution in [0.5, 0.6) is 0 Å². The Hall–Kier alpha value is -2.96. The molecule has 3 N–H and O–H groups in total. The summed E-state index contributed by atoms with van der Waals surface area (Å²) in [6, 6.07) is 4.34. The van der Waals surface area contributed by atoms with Gasteiger partial charge in [0, 0.05) is 18.0 Å². The average Bonchev–Trinajstić information content (AvgIpc) is 2.89. The van der Waals surface area contributed by atoms with Gasteiger partial charge in [0.1, 0.15) is 5.69 Å². The summed E-state index contributed by atoms with van der Waals surface area (Å²) in [7, 11) is 0. The summed E-state index contributed by atoms with van der Waals surface area (Å²) in [4.78, 5) is 40.4. The van der Waals surface area contributed by atoms with Crippen LogP contribution in [0.3, 0.4) is 0 Å². The van der Waals surface area contributed by atoms with E-state index in [9.17, 15) is 14.4 Å². The summed E-state index contributed by atoms with van der Waals surface area (Å²) in [5.41, 5.74) is 0.373. The van der Waals surface area contributed by atoms with Gasteiger partial charge in [-0.3, -0.25) is 9.59 Å². The van der Waals surface area contributed by atoms with Gasteiger partial charge in [0.15, 0.2) is 11.5 Å². The molecule has 0 radical (unpaired) electrons. The Balaban J connectivity index is 2.23. The fourth-order valence-electron chi connectivity index (χ4n) is 1.59. The Labute approximate surface area is 113 Å². The van der Waals surface area contributed by atoms with Gasteiger partial charge in [-0.1, -0.05) is 0 Å². The van der Waals surface area contributed by atoms with Crippen LogP contribution in [0, 0.1) is 0 Å². The highest BCUT2D eigenvalue weighted by Crippen LogP contribution is 2.14. The normalized spacial score (nSPS) is 10.1. The molecule has 0 atom stereocenters. The van der Waals surface area contributed by atoms with Crippen molar-refractivity contribution in [2.24, 2.45) is 0 Å².